The van der Waals surface area contributed by atoms with E-state index in [1.165, 1.54) is 0 Å². The molecule has 5 heteroatoms. The molecule has 0 saturated carbocycles. The number of para-hydroxylation sites is 1. The van der Waals surface area contributed by atoms with Crippen LogP contribution in [0.25, 0.3) is 0 Å². The maximum atomic E-state index is 12.7. The summed E-state index contributed by atoms with van der Waals surface area (Å²) >= 11 is 0. The molecule has 2 fully saturated rings. The normalized spacial score (nSPS) is 20.7. The van der Waals surface area contributed by atoms with Gasteiger partial charge in [0, 0.05) is 25.9 Å². The molecule has 0 N–H and O–H groups in total. The number of rotatable bonds is 3. The van der Waals surface area contributed by atoms with Crippen LogP contribution < -0.4 is 4.74 Å². The van der Waals surface area contributed by atoms with E-state index >= 15 is 0 Å². The summed E-state index contributed by atoms with van der Waals surface area (Å²) in [4.78, 5) is 14.5. The molecule has 2 heterocycles. The van der Waals surface area contributed by atoms with E-state index in [2.05, 4.69) is 0 Å². The van der Waals surface area contributed by atoms with Crippen LogP contribution in [0.3, 0.4) is 0 Å². The molecular weight excluding hydrogens is 270 g/mol. The first kappa shape index (κ1) is 14.4. The van der Waals surface area contributed by atoms with Crippen molar-refractivity contribution in [2.75, 3.05) is 32.9 Å². The summed E-state index contributed by atoms with van der Waals surface area (Å²) in [5.74, 6) is 0.224. The van der Waals surface area contributed by atoms with Crippen LogP contribution in [0.4, 0.5) is 0 Å². The topological polar surface area (TPSA) is 48.0 Å². The van der Waals surface area contributed by atoms with Crippen molar-refractivity contribution in [1.29, 1.82) is 0 Å². The molecule has 1 spiro atoms. The van der Waals surface area contributed by atoms with Crippen molar-refractivity contribution in [2.24, 2.45) is 0 Å². The highest BCUT2D eigenvalue weighted by Crippen LogP contribution is 2.32. The summed E-state index contributed by atoms with van der Waals surface area (Å²) < 4.78 is 16.9. The third kappa shape index (κ3) is 2.89. The van der Waals surface area contributed by atoms with Gasteiger partial charge < -0.3 is 19.1 Å². The van der Waals surface area contributed by atoms with E-state index in [0.29, 0.717) is 44.2 Å². The van der Waals surface area contributed by atoms with Crippen molar-refractivity contribution in [3.63, 3.8) is 0 Å². The average molecular weight is 291 g/mol. The maximum absolute atomic E-state index is 12.7. The minimum atomic E-state index is -0.448. The highest BCUT2D eigenvalue weighted by atomic mass is 16.7. The van der Waals surface area contributed by atoms with E-state index in [9.17, 15) is 4.79 Å². The van der Waals surface area contributed by atoms with Gasteiger partial charge in [0.2, 0.25) is 0 Å². The number of benzene rings is 1. The molecular formula is C16H21NO4. The van der Waals surface area contributed by atoms with Gasteiger partial charge in [-0.3, -0.25) is 4.79 Å². The van der Waals surface area contributed by atoms with Crippen molar-refractivity contribution in [2.45, 2.75) is 25.6 Å². The van der Waals surface area contributed by atoms with Gasteiger partial charge in [0.15, 0.2) is 5.79 Å². The first-order valence-electron chi connectivity index (χ1n) is 7.53. The number of carbonyl (C=O) groups is 1. The Labute approximate surface area is 124 Å². The molecule has 114 valence electrons. The zero-order chi connectivity index (χ0) is 14.7. The molecule has 1 amide bonds. The molecule has 0 unspecified atom stereocenters. The molecule has 5 nitrogen and oxygen atoms in total. The molecule has 0 aromatic heterocycles. The zero-order valence-electron chi connectivity index (χ0n) is 12.3. The fourth-order valence-corrected chi connectivity index (χ4v) is 2.93. The van der Waals surface area contributed by atoms with E-state index < -0.39 is 5.79 Å². The van der Waals surface area contributed by atoms with Crippen LogP contribution >= 0.6 is 0 Å². The van der Waals surface area contributed by atoms with Gasteiger partial charge in [0.1, 0.15) is 5.75 Å². The lowest BCUT2D eigenvalue weighted by molar-refractivity contribution is -0.181. The largest absolute Gasteiger partial charge is 0.493 e. The van der Waals surface area contributed by atoms with Gasteiger partial charge >= 0.3 is 0 Å². The van der Waals surface area contributed by atoms with Gasteiger partial charge in [-0.2, -0.15) is 0 Å². The molecule has 2 aliphatic rings. The molecule has 1 aromatic carbocycles. The lowest BCUT2D eigenvalue weighted by atomic mass is 10.0. The Morgan fingerprint density at radius 1 is 1.24 bits per heavy atom. The molecule has 0 aliphatic carbocycles. The molecule has 0 bridgehead atoms. The standard InChI is InChI=1S/C16H21NO4/c1-2-19-14-6-4-3-5-13(14)15(18)17-9-7-16(8-10-17)20-11-12-21-16/h3-6H,2,7-12H2,1H3. The Hall–Kier alpha value is -1.59. The first-order chi connectivity index (χ1) is 10.2. The van der Waals surface area contributed by atoms with Gasteiger partial charge in [-0.05, 0) is 19.1 Å². The zero-order valence-corrected chi connectivity index (χ0v) is 12.3. The minimum absolute atomic E-state index is 0.0203. The fraction of sp³-hybridized carbons (Fsp3) is 0.562. The molecule has 0 radical (unpaired) electrons. The summed E-state index contributed by atoms with van der Waals surface area (Å²) in [5.41, 5.74) is 0.628. The summed E-state index contributed by atoms with van der Waals surface area (Å²) in [5, 5.41) is 0. The smallest absolute Gasteiger partial charge is 0.257 e. The summed E-state index contributed by atoms with van der Waals surface area (Å²) in [7, 11) is 0. The van der Waals surface area contributed by atoms with Crippen molar-refractivity contribution in [3.05, 3.63) is 29.8 Å². The van der Waals surface area contributed by atoms with Crippen molar-refractivity contribution in [1.82, 2.24) is 4.90 Å². The Kier molecular flexibility index (Phi) is 4.12. The number of amides is 1. The van der Waals surface area contributed by atoms with Crippen LogP contribution in [0.15, 0.2) is 24.3 Å². The summed E-state index contributed by atoms with van der Waals surface area (Å²) in [6.45, 7) is 5.08. The number of likely N-dealkylation sites (tertiary alicyclic amines) is 1. The molecule has 0 atom stereocenters. The van der Waals surface area contributed by atoms with Crippen LogP contribution in [0.5, 0.6) is 5.75 Å². The molecule has 1 aromatic rings. The van der Waals surface area contributed by atoms with E-state index in [4.69, 9.17) is 14.2 Å². The van der Waals surface area contributed by atoms with E-state index in [1.54, 1.807) is 0 Å². The maximum Gasteiger partial charge on any atom is 0.257 e. The third-order valence-electron chi connectivity index (χ3n) is 4.04. The Bertz CT molecular complexity index is 501. The number of piperidine rings is 1. The SMILES string of the molecule is CCOc1ccccc1C(=O)N1CCC2(CC1)OCCO2. The highest BCUT2D eigenvalue weighted by molar-refractivity contribution is 5.97. The number of carbonyl (C=O) groups excluding carboxylic acids is 1. The van der Waals surface area contributed by atoms with Gasteiger partial charge in [0.05, 0.1) is 25.4 Å². The van der Waals surface area contributed by atoms with Crippen LogP contribution in [-0.4, -0.2) is 49.5 Å². The van der Waals surface area contributed by atoms with E-state index in [1.807, 2.05) is 36.1 Å². The second kappa shape index (κ2) is 6.03. The van der Waals surface area contributed by atoms with Crippen molar-refractivity contribution in [3.8, 4) is 5.75 Å². The Balaban J connectivity index is 1.69. The predicted molar refractivity (Wildman–Crippen MR) is 77.4 cm³/mol. The highest BCUT2D eigenvalue weighted by Gasteiger charge is 2.41. The minimum Gasteiger partial charge on any atom is -0.493 e. The number of hydrogen-bond acceptors (Lipinski definition) is 4. The van der Waals surface area contributed by atoms with E-state index in [-0.39, 0.29) is 5.91 Å². The number of hydrogen-bond donors (Lipinski definition) is 0. The second-order valence-corrected chi connectivity index (χ2v) is 5.33. The predicted octanol–water partition coefficient (Wildman–Crippen LogP) is 2.06. The van der Waals surface area contributed by atoms with Gasteiger partial charge in [-0.1, -0.05) is 12.1 Å². The van der Waals surface area contributed by atoms with Crippen LogP contribution in [0.2, 0.25) is 0 Å². The molecule has 2 aliphatic heterocycles. The molecule has 2 saturated heterocycles. The second-order valence-electron chi connectivity index (χ2n) is 5.33. The van der Waals surface area contributed by atoms with Gasteiger partial charge in [-0.15, -0.1) is 0 Å². The third-order valence-corrected chi connectivity index (χ3v) is 4.04. The van der Waals surface area contributed by atoms with Gasteiger partial charge in [-0.25, -0.2) is 0 Å². The van der Waals surface area contributed by atoms with Crippen molar-refractivity contribution >= 4 is 5.91 Å². The van der Waals surface area contributed by atoms with Crippen LogP contribution in [-0.2, 0) is 9.47 Å². The lowest BCUT2D eigenvalue weighted by Crippen LogP contribution is -2.47. The Morgan fingerprint density at radius 2 is 1.90 bits per heavy atom. The summed E-state index contributed by atoms with van der Waals surface area (Å²) in [6.07, 6.45) is 1.46. The lowest BCUT2D eigenvalue weighted by Gasteiger charge is -2.37. The van der Waals surface area contributed by atoms with Crippen LogP contribution in [0, 0.1) is 0 Å². The number of ether oxygens (including phenoxy) is 3. The van der Waals surface area contributed by atoms with Gasteiger partial charge in [0.25, 0.3) is 5.91 Å². The number of nitrogens with zero attached hydrogens (tertiary/aromatic N) is 1. The fourth-order valence-electron chi connectivity index (χ4n) is 2.93. The van der Waals surface area contributed by atoms with Crippen molar-refractivity contribution < 1.29 is 19.0 Å². The Morgan fingerprint density at radius 3 is 2.57 bits per heavy atom. The molecule has 3 rings (SSSR count). The average Bonchev–Trinajstić information content (AvgIpc) is 2.97. The first-order valence-corrected chi connectivity index (χ1v) is 7.53. The summed E-state index contributed by atoms with van der Waals surface area (Å²) in [6, 6.07) is 7.41. The quantitative estimate of drug-likeness (QED) is 0.855. The van der Waals surface area contributed by atoms with Crippen LogP contribution in [0.1, 0.15) is 30.1 Å². The molecule has 21 heavy (non-hydrogen) atoms. The monoisotopic (exact) mass is 291 g/mol. The van der Waals surface area contributed by atoms with E-state index in [0.717, 1.165) is 12.8 Å².